The highest BCUT2D eigenvalue weighted by Gasteiger charge is 2.20. The number of fused-ring (bicyclic) bond motifs is 1. The predicted octanol–water partition coefficient (Wildman–Crippen LogP) is 0.332. The van der Waals surface area contributed by atoms with E-state index in [0.29, 0.717) is 5.13 Å². The van der Waals surface area contributed by atoms with Gasteiger partial charge in [-0.1, -0.05) is 0 Å². The third-order valence-electron chi connectivity index (χ3n) is 2.96. The normalized spacial score (nSPS) is 16.1. The molecule has 19 heavy (non-hydrogen) atoms. The van der Waals surface area contributed by atoms with Crippen molar-refractivity contribution in [2.75, 3.05) is 17.3 Å². The molecule has 0 spiro atoms. The van der Waals surface area contributed by atoms with Crippen LogP contribution in [0.15, 0.2) is 0 Å². The van der Waals surface area contributed by atoms with Crippen LogP contribution in [0.3, 0.4) is 0 Å². The molecule has 0 saturated carbocycles. The van der Waals surface area contributed by atoms with Crippen molar-refractivity contribution in [1.82, 2.24) is 4.98 Å². The summed E-state index contributed by atoms with van der Waals surface area (Å²) in [6.07, 6.45) is 4.35. The fraction of sp³-hybridized carbons (Fsp3) is 0.636. The second-order valence-corrected chi connectivity index (χ2v) is 8.10. The highest BCUT2D eigenvalue weighted by atomic mass is 32.2. The first kappa shape index (κ1) is 14.4. The standard InChI is InChI=1S/C11H17N3O3S2/c1-19(16,17)6-5-7(12)10(15)14-11-13-8-3-2-4-9(8)18-11/h7H,2-6,12H2,1H3,(H,13,14,15). The first-order valence-electron chi connectivity index (χ1n) is 6.08. The van der Waals surface area contributed by atoms with Crippen LogP contribution in [0, 0.1) is 0 Å². The van der Waals surface area contributed by atoms with Crippen molar-refractivity contribution in [3.05, 3.63) is 10.6 Å². The topological polar surface area (TPSA) is 102 Å². The zero-order chi connectivity index (χ0) is 14.0. The summed E-state index contributed by atoms with van der Waals surface area (Å²) in [7, 11) is -3.10. The monoisotopic (exact) mass is 303 g/mol. The third-order valence-corrected chi connectivity index (χ3v) is 5.01. The largest absolute Gasteiger partial charge is 0.320 e. The molecular formula is C11H17N3O3S2. The number of nitrogens with zero attached hydrogens (tertiary/aromatic N) is 1. The fourth-order valence-electron chi connectivity index (χ4n) is 1.91. The van der Waals surface area contributed by atoms with Crippen molar-refractivity contribution in [3.8, 4) is 0 Å². The molecule has 6 nitrogen and oxygen atoms in total. The molecule has 1 unspecified atom stereocenters. The van der Waals surface area contributed by atoms with Gasteiger partial charge in [-0.2, -0.15) is 0 Å². The smallest absolute Gasteiger partial charge is 0.243 e. The van der Waals surface area contributed by atoms with Crippen LogP contribution in [0.2, 0.25) is 0 Å². The molecule has 106 valence electrons. The lowest BCUT2D eigenvalue weighted by Gasteiger charge is -2.09. The van der Waals surface area contributed by atoms with Crippen LogP contribution in [0.5, 0.6) is 0 Å². The molecule has 0 saturated heterocycles. The number of anilines is 1. The van der Waals surface area contributed by atoms with Gasteiger partial charge in [-0.3, -0.25) is 4.79 Å². The Bertz CT molecular complexity index is 559. The van der Waals surface area contributed by atoms with Crippen LogP contribution in [0.4, 0.5) is 5.13 Å². The molecule has 0 aliphatic heterocycles. The Morgan fingerprint density at radius 2 is 2.26 bits per heavy atom. The second kappa shape index (κ2) is 5.56. The van der Waals surface area contributed by atoms with Gasteiger partial charge in [0.25, 0.3) is 0 Å². The Labute approximate surface area is 116 Å². The Morgan fingerprint density at radius 3 is 2.89 bits per heavy atom. The Kier molecular flexibility index (Phi) is 4.22. The molecule has 1 aliphatic carbocycles. The van der Waals surface area contributed by atoms with Gasteiger partial charge in [-0.15, -0.1) is 11.3 Å². The molecule has 1 heterocycles. The molecule has 0 radical (unpaired) electrons. The summed E-state index contributed by atoms with van der Waals surface area (Å²) in [5.74, 6) is -0.466. The van der Waals surface area contributed by atoms with Crippen LogP contribution in [-0.2, 0) is 27.5 Å². The average Bonchev–Trinajstić information content (AvgIpc) is 2.85. The molecule has 3 N–H and O–H groups in total. The minimum atomic E-state index is -3.10. The molecule has 0 fully saturated rings. The fourth-order valence-corrected chi connectivity index (χ4v) is 3.65. The number of carbonyl (C=O) groups is 1. The van der Waals surface area contributed by atoms with Crippen LogP contribution in [0.1, 0.15) is 23.4 Å². The predicted molar refractivity (Wildman–Crippen MR) is 75.1 cm³/mol. The van der Waals surface area contributed by atoms with Gasteiger partial charge in [-0.25, -0.2) is 13.4 Å². The van der Waals surface area contributed by atoms with Gasteiger partial charge in [0.05, 0.1) is 17.5 Å². The van der Waals surface area contributed by atoms with Crippen LogP contribution in [-0.4, -0.2) is 37.4 Å². The molecule has 8 heteroatoms. The second-order valence-electron chi connectivity index (χ2n) is 4.76. The minimum absolute atomic E-state index is 0.0873. The molecule has 1 atom stereocenters. The van der Waals surface area contributed by atoms with Crippen LogP contribution < -0.4 is 11.1 Å². The van der Waals surface area contributed by atoms with Crippen LogP contribution >= 0.6 is 11.3 Å². The summed E-state index contributed by atoms with van der Waals surface area (Å²) in [6, 6.07) is -0.825. The molecule has 2 rings (SSSR count). The number of nitrogens with one attached hydrogen (secondary N) is 1. The number of nitrogens with two attached hydrogens (primary N) is 1. The Balaban J connectivity index is 1.89. The number of carbonyl (C=O) groups excluding carboxylic acids is 1. The van der Waals surface area contributed by atoms with E-state index in [1.807, 2.05) is 0 Å². The molecule has 1 amide bonds. The summed E-state index contributed by atoms with van der Waals surface area (Å²) < 4.78 is 22.0. The van der Waals surface area contributed by atoms with E-state index in [0.717, 1.165) is 31.2 Å². The van der Waals surface area contributed by atoms with Crippen molar-refractivity contribution >= 4 is 32.2 Å². The maximum atomic E-state index is 11.8. The van der Waals surface area contributed by atoms with Gasteiger partial charge in [0.15, 0.2) is 5.13 Å². The van der Waals surface area contributed by atoms with E-state index in [4.69, 9.17) is 5.73 Å². The maximum absolute atomic E-state index is 11.8. The quantitative estimate of drug-likeness (QED) is 0.816. The number of hydrogen-bond acceptors (Lipinski definition) is 6. The van der Waals surface area contributed by atoms with E-state index in [1.54, 1.807) is 0 Å². The first-order valence-corrected chi connectivity index (χ1v) is 8.95. The van der Waals surface area contributed by atoms with Gasteiger partial charge in [-0.05, 0) is 25.7 Å². The SMILES string of the molecule is CS(=O)(=O)CCC(N)C(=O)Nc1nc2c(s1)CCC2. The zero-order valence-corrected chi connectivity index (χ0v) is 12.3. The van der Waals surface area contributed by atoms with Crippen molar-refractivity contribution in [3.63, 3.8) is 0 Å². The Hall–Kier alpha value is -0.990. The highest BCUT2D eigenvalue weighted by Crippen LogP contribution is 2.30. The molecule has 0 bridgehead atoms. The number of aromatic nitrogens is 1. The molecule has 1 aliphatic rings. The number of aryl methyl sites for hydroxylation is 2. The van der Waals surface area contributed by atoms with E-state index in [1.165, 1.54) is 16.2 Å². The average molecular weight is 303 g/mol. The van der Waals surface area contributed by atoms with Crippen molar-refractivity contribution < 1.29 is 13.2 Å². The van der Waals surface area contributed by atoms with Crippen molar-refractivity contribution in [2.45, 2.75) is 31.7 Å². The number of hydrogen-bond donors (Lipinski definition) is 2. The van der Waals surface area contributed by atoms with Crippen LogP contribution in [0.25, 0.3) is 0 Å². The zero-order valence-electron chi connectivity index (χ0n) is 10.7. The summed E-state index contributed by atoms with van der Waals surface area (Å²) >= 11 is 1.47. The van der Waals surface area contributed by atoms with E-state index in [9.17, 15) is 13.2 Å². The van der Waals surface area contributed by atoms with Gasteiger partial charge < -0.3 is 11.1 Å². The van der Waals surface area contributed by atoms with E-state index in [2.05, 4.69) is 10.3 Å². The lowest BCUT2D eigenvalue weighted by Crippen LogP contribution is -2.37. The van der Waals surface area contributed by atoms with E-state index in [-0.39, 0.29) is 18.1 Å². The molecule has 1 aromatic heterocycles. The van der Waals surface area contributed by atoms with E-state index < -0.39 is 15.9 Å². The lowest BCUT2D eigenvalue weighted by atomic mass is 10.2. The first-order chi connectivity index (χ1) is 8.85. The number of sulfone groups is 1. The highest BCUT2D eigenvalue weighted by molar-refractivity contribution is 7.90. The number of amides is 1. The van der Waals surface area contributed by atoms with E-state index >= 15 is 0 Å². The lowest BCUT2D eigenvalue weighted by molar-refractivity contribution is -0.117. The summed E-state index contributed by atoms with van der Waals surface area (Å²) in [5.41, 5.74) is 6.72. The minimum Gasteiger partial charge on any atom is -0.320 e. The third kappa shape index (κ3) is 3.99. The number of thiazole rings is 1. The van der Waals surface area contributed by atoms with Crippen molar-refractivity contribution in [2.24, 2.45) is 5.73 Å². The maximum Gasteiger partial charge on any atom is 0.243 e. The van der Waals surface area contributed by atoms with Crippen molar-refractivity contribution in [1.29, 1.82) is 0 Å². The molecular weight excluding hydrogens is 286 g/mol. The van der Waals surface area contributed by atoms with Gasteiger partial charge in [0.1, 0.15) is 9.84 Å². The molecule has 0 aromatic carbocycles. The molecule has 1 aromatic rings. The Morgan fingerprint density at radius 1 is 1.53 bits per heavy atom. The number of rotatable bonds is 5. The summed E-state index contributed by atoms with van der Waals surface area (Å²) in [4.78, 5) is 17.3. The summed E-state index contributed by atoms with van der Waals surface area (Å²) in [5, 5.41) is 3.22. The van der Waals surface area contributed by atoms with Gasteiger partial charge in [0, 0.05) is 11.1 Å². The van der Waals surface area contributed by atoms with Gasteiger partial charge in [0.2, 0.25) is 5.91 Å². The van der Waals surface area contributed by atoms with Gasteiger partial charge >= 0.3 is 0 Å². The summed E-state index contributed by atoms with van der Waals surface area (Å²) in [6.45, 7) is 0.